The van der Waals surface area contributed by atoms with Crippen LogP contribution in [0.5, 0.6) is 5.75 Å². The van der Waals surface area contributed by atoms with Gasteiger partial charge in [0.1, 0.15) is 23.5 Å². The Morgan fingerprint density at radius 2 is 1.73 bits per heavy atom. The number of aliphatic carboxylic acids is 1. The number of piperidine rings is 1. The van der Waals surface area contributed by atoms with E-state index in [-0.39, 0.29) is 23.9 Å². The van der Waals surface area contributed by atoms with Gasteiger partial charge in [0.25, 0.3) is 0 Å². The molecular weight excluding hydrogens is 346 g/mol. The van der Waals surface area contributed by atoms with Gasteiger partial charge in [-0.2, -0.15) is 0 Å². The summed E-state index contributed by atoms with van der Waals surface area (Å²) >= 11 is 0. The maximum absolute atomic E-state index is 13.3. The van der Waals surface area contributed by atoms with E-state index in [0.717, 1.165) is 31.0 Å². The minimum Gasteiger partial charge on any atom is -0.488 e. The Balaban J connectivity index is 1.55. The molecule has 2 aliphatic rings. The minimum absolute atomic E-state index is 0.107. The molecule has 1 saturated carbocycles. The number of likely N-dealkylation sites (tertiary alicyclic amines) is 1. The van der Waals surface area contributed by atoms with Crippen LogP contribution < -0.4 is 10.1 Å². The first-order valence-electron chi connectivity index (χ1n) is 8.83. The molecule has 0 unspecified atom stereocenters. The third kappa shape index (κ3) is 4.42. The number of nitrogens with zero attached hydrogens (tertiary/aromatic N) is 1. The molecule has 6 nitrogen and oxygen atoms in total. The number of hydrogen-bond acceptors (Lipinski definition) is 3. The second-order valence-electron chi connectivity index (χ2n) is 6.85. The Hall–Kier alpha value is -2.38. The van der Waals surface area contributed by atoms with Crippen molar-refractivity contribution in [2.24, 2.45) is 5.92 Å². The van der Waals surface area contributed by atoms with Crippen molar-refractivity contribution in [3.05, 3.63) is 29.8 Å². The van der Waals surface area contributed by atoms with E-state index >= 15 is 0 Å². The lowest BCUT2D eigenvalue weighted by Crippen LogP contribution is -2.51. The molecule has 8 heteroatoms. The molecule has 0 bridgehead atoms. The van der Waals surface area contributed by atoms with Crippen LogP contribution in [0.1, 0.15) is 32.1 Å². The number of urea groups is 1. The minimum atomic E-state index is -0.823. The van der Waals surface area contributed by atoms with Crippen molar-refractivity contribution in [2.75, 3.05) is 13.1 Å². The molecule has 0 spiro atoms. The smallest absolute Gasteiger partial charge is 0.317 e. The summed E-state index contributed by atoms with van der Waals surface area (Å²) in [5, 5.41) is 11.9. The molecule has 2 atom stereocenters. The number of carbonyl (C=O) groups excluding carboxylic acids is 1. The average Bonchev–Trinajstić information content (AvgIpc) is 3.00. The van der Waals surface area contributed by atoms with Crippen molar-refractivity contribution in [2.45, 2.75) is 44.2 Å². The monoisotopic (exact) mass is 368 g/mol. The molecular formula is C18H22F2N2O4. The number of hydrogen-bond donors (Lipinski definition) is 2. The van der Waals surface area contributed by atoms with Gasteiger partial charge < -0.3 is 20.1 Å². The molecule has 1 aliphatic carbocycles. The molecule has 0 aromatic heterocycles. The van der Waals surface area contributed by atoms with Gasteiger partial charge in [-0.05, 0) is 32.1 Å². The first kappa shape index (κ1) is 18.4. The highest BCUT2D eigenvalue weighted by molar-refractivity contribution is 5.75. The van der Waals surface area contributed by atoms with Crippen LogP contribution >= 0.6 is 0 Å². The van der Waals surface area contributed by atoms with Gasteiger partial charge in [-0.3, -0.25) is 4.79 Å². The summed E-state index contributed by atoms with van der Waals surface area (Å²) < 4.78 is 32.3. The number of carbonyl (C=O) groups is 2. The fourth-order valence-electron chi connectivity index (χ4n) is 3.58. The number of halogens is 2. The van der Waals surface area contributed by atoms with Crippen LogP contribution in [0.15, 0.2) is 18.2 Å². The van der Waals surface area contributed by atoms with Crippen molar-refractivity contribution >= 4 is 12.0 Å². The Morgan fingerprint density at radius 3 is 2.35 bits per heavy atom. The highest BCUT2D eigenvalue weighted by Gasteiger charge is 2.33. The second-order valence-corrected chi connectivity index (χ2v) is 6.85. The topological polar surface area (TPSA) is 78.9 Å². The molecule has 2 fully saturated rings. The van der Waals surface area contributed by atoms with Crippen molar-refractivity contribution in [3.8, 4) is 5.75 Å². The fourth-order valence-corrected chi connectivity index (χ4v) is 3.58. The lowest BCUT2D eigenvalue weighted by Gasteiger charge is -2.32. The number of carboxylic acids is 1. The lowest BCUT2D eigenvalue weighted by atomic mass is 9.97. The average molecular weight is 368 g/mol. The third-order valence-corrected chi connectivity index (χ3v) is 5.02. The molecule has 142 valence electrons. The molecule has 3 rings (SSSR count). The highest BCUT2D eigenvalue weighted by Crippen LogP contribution is 2.26. The lowest BCUT2D eigenvalue weighted by molar-refractivity contribution is -0.143. The Bertz CT molecular complexity index is 657. The third-order valence-electron chi connectivity index (χ3n) is 5.02. The van der Waals surface area contributed by atoms with Crippen LogP contribution in [-0.4, -0.2) is 47.2 Å². The van der Waals surface area contributed by atoms with Gasteiger partial charge in [-0.1, -0.05) is 0 Å². The first-order chi connectivity index (χ1) is 12.4. The number of rotatable bonds is 4. The predicted octanol–water partition coefficient (Wildman–Crippen LogP) is 2.77. The molecule has 2 amide bonds. The molecule has 1 aromatic rings. The Kier molecular flexibility index (Phi) is 5.58. The van der Waals surface area contributed by atoms with E-state index in [1.54, 1.807) is 4.90 Å². The normalized spacial score (nSPS) is 23.7. The Morgan fingerprint density at radius 1 is 1.08 bits per heavy atom. The van der Waals surface area contributed by atoms with Crippen molar-refractivity contribution < 1.29 is 28.2 Å². The molecule has 26 heavy (non-hydrogen) atoms. The quantitative estimate of drug-likeness (QED) is 0.857. The van der Waals surface area contributed by atoms with Gasteiger partial charge in [0.2, 0.25) is 0 Å². The zero-order valence-electron chi connectivity index (χ0n) is 14.3. The zero-order valence-corrected chi connectivity index (χ0v) is 14.3. The zero-order chi connectivity index (χ0) is 18.7. The van der Waals surface area contributed by atoms with Crippen LogP contribution in [0, 0.1) is 17.6 Å². The Labute approximate surface area is 150 Å². The van der Waals surface area contributed by atoms with Crippen LogP contribution in [0.2, 0.25) is 0 Å². The van der Waals surface area contributed by atoms with E-state index in [1.807, 2.05) is 0 Å². The SMILES string of the molecule is O=C(O)C1CCN(C(=O)N[C@H]2CCC[C@H]2Oc2cc(F)cc(F)c2)CC1. The summed E-state index contributed by atoms with van der Waals surface area (Å²) in [6.45, 7) is 0.798. The maximum atomic E-state index is 13.3. The molecule has 0 radical (unpaired) electrons. The number of benzene rings is 1. The standard InChI is InChI=1S/C18H22F2N2O4/c19-12-8-13(20)10-14(9-12)26-16-3-1-2-15(16)21-18(25)22-6-4-11(5-7-22)17(23)24/h8-11,15-16H,1-7H2,(H,21,25)(H,23,24)/t15-,16+/m0/s1. The summed E-state index contributed by atoms with van der Waals surface area (Å²) in [6, 6.07) is 2.53. The van der Waals surface area contributed by atoms with E-state index in [4.69, 9.17) is 9.84 Å². The van der Waals surface area contributed by atoms with Crippen molar-refractivity contribution in [1.29, 1.82) is 0 Å². The van der Waals surface area contributed by atoms with Crippen LogP contribution in [0.25, 0.3) is 0 Å². The van der Waals surface area contributed by atoms with Crippen molar-refractivity contribution in [1.82, 2.24) is 10.2 Å². The largest absolute Gasteiger partial charge is 0.488 e. The van der Waals surface area contributed by atoms with E-state index in [9.17, 15) is 18.4 Å². The predicted molar refractivity (Wildman–Crippen MR) is 88.9 cm³/mol. The van der Waals surface area contributed by atoms with E-state index < -0.39 is 23.5 Å². The highest BCUT2D eigenvalue weighted by atomic mass is 19.1. The van der Waals surface area contributed by atoms with Gasteiger partial charge in [-0.25, -0.2) is 13.6 Å². The van der Waals surface area contributed by atoms with Crippen LogP contribution in [0.3, 0.4) is 0 Å². The first-order valence-corrected chi connectivity index (χ1v) is 8.83. The van der Waals surface area contributed by atoms with Gasteiger partial charge in [-0.15, -0.1) is 0 Å². The van der Waals surface area contributed by atoms with Gasteiger partial charge >= 0.3 is 12.0 Å². The van der Waals surface area contributed by atoms with E-state index in [0.29, 0.717) is 32.4 Å². The van der Waals surface area contributed by atoms with E-state index in [2.05, 4.69) is 5.32 Å². The summed E-state index contributed by atoms with van der Waals surface area (Å²) in [7, 11) is 0. The van der Waals surface area contributed by atoms with Crippen LogP contribution in [0.4, 0.5) is 13.6 Å². The fraction of sp³-hybridized carbons (Fsp3) is 0.556. The number of carboxylic acid groups (broad SMARTS) is 1. The summed E-state index contributed by atoms with van der Waals surface area (Å²) in [6.07, 6.45) is 2.78. The van der Waals surface area contributed by atoms with Crippen LogP contribution in [-0.2, 0) is 4.79 Å². The van der Waals surface area contributed by atoms with Gasteiger partial charge in [0.15, 0.2) is 0 Å². The molecule has 1 aromatic carbocycles. The molecule has 1 heterocycles. The summed E-state index contributed by atoms with van der Waals surface area (Å²) in [5.41, 5.74) is 0. The number of amides is 2. The second kappa shape index (κ2) is 7.88. The summed E-state index contributed by atoms with van der Waals surface area (Å²) in [5.74, 6) is -2.53. The molecule has 2 N–H and O–H groups in total. The molecule has 1 saturated heterocycles. The van der Waals surface area contributed by atoms with Crippen molar-refractivity contribution in [3.63, 3.8) is 0 Å². The van der Waals surface area contributed by atoms with E-state index in [1.165, 1.54) is 0 Å². The number of nitrogens with one attached hydrogen (secondary N) is 1. The van der Waals surface area contributed by atoms with Gasteiger partial charge in [0, 0.05) is 31.3 Å². The molecule has 1 aliphatic heterocycles. The summed E-state index contributed by atoms with van der Waals surface area (Å²) in [4.78, 5) is 25.0. The number of ether oxygens (including phenoxy) is 1. The maximum Gasteiger partial charge on any atom is 0.317 e. The van der Waals surface area contributed by atoms with Gasteiger partial charge in [0.05, 0.1) is 12.0 Å².